The van der Waals surface area contributed by atoms with Gasteiger partial charge in [0.2, 0.25) is 0 Å². The molecule has 0 saturated carbocycles. The van der Waals surface area contributed by atoms with Crippen LogP contribution in [-0.4, -0.2) is 53.0 Å². The fourth-order valence-corrected chi connectivity index (χ4v) is 1.98. The number of carboxylic acids is 1. The molecule has 0 aromatic rings. The number of carboxylic acid groups (broad SMARTS) is 1. The number of nitrogens with zero attached hydrogens (tertiary/aromatic N) is 1. The minimum Gasteiger partial charge on any atom is -0.478 e. The van der Waals surface area contributed by atoms with Gasteiger partial charge >= 0.3 is 12.1 Å². The maximum absolute atomic E-state index is 11.7. The van der Waals surface area contributed by atoms with Gasteiger partial charge in [-0.3, -0.25) is 0 Å². The normalized spacial score (nSPS) is 21.5. The van der Waals surface area contributed by atoms with Gasteiger partial charge in [-0.1, -0.05) is 0 Å². The minimum absolute atomic E-state index is 0.0947. The lowest BCUT2D eigenvalue weighted by atomic mass is 9.94. The van der Waals surface area contributed by atoms with E-state index >= 15 is 0 Å². The van der Waals surface area contributed by atoms with Crippen LogP contribution in [0.4, 0.5) is 4.79 Å². The van der Waals surface area contributed by atoms with E-state index in [9.17, 15) is 9.59 Å². The summed E-state index contributed by atoms with van der Waals surface area (Å²) in [5, 5.41) is 8.84. The molecule has 0 aliphatic carbocycles. The first-order chi connectivity index (χ1) is 8.21. The van der Waals surface area contributed by atoms with E-state index in [2.05, 4.69) is 0 Å². The van der Waals surface area contributed by atoms with Gasteiger partial charge in [0.15, 0.2) is 0 Å². The Morgan fingerprint density at radius 2 is 2.06 bits per heavy atom. The zero-order valence-corrected chi connectivity index (χ0v) is 10.7. The van der Waals surface area contributed by atoms with Crippen LogP contribution in [0.15, 0.2) is 11.6 Å². The smallest absolute Gasteiger partial charge is 0.410 e. The second kappa shape index (κ2) is 3.98. The van der Waals surface area contributed by atoms with Crippen molar-refractivity contribution >= 4 is 12.1 Å². The van der Waals surface area contributed by atoms with E-state index in [4.69, 9.17) is 14.6 Å². The SMILES string of the molecule is CC(C)(C)OC(=O)N1CC2(C=C(C(=O)O)CO2)C1. The molecule has 1 N–H and O–H groups in total. The standard InChI is InChI=1S/C12H17NO5/c1-11(2,3)18-10(16)13-6-12(7-13)4-8(5-17-12)9(14)15/h4H,5-7H2,1-3H3,(H,14,15). The van der Waals surface area contributed by atoms with E-state index in [1.165, 1.54) is 4.90 Å². The number of rotatable bonds is 1. The highest BCUT2D eigenvalue weighted by Crippen LogP contribution is 2.33. The lowest BCUT2D eigenvalue weighted by Crippen LogP contribution is -2.63. The van der Waals surface area contributed by atoms with Gasteiger partial charge in [0.05, 0.1) is 25.3 Å². The van der Waals surface area contributed by atoms with Crippen LogP contribution in [-0.2, 0) is 14.3 Å². The maximum Gasteiger partial charge on any atom is 0.410 e. The Kier molecular flexibility index (Phi) is 2.85. The first kappa shape index (κ1) is 12.9. The first-order valence-corrected chi connectivity index (χ1v) is 5.78. The number of carbonyl (C=O) groups excluding carboxylic acids is 1. The molecule has 1 saturated heterocycles. The molecular formula is C12H17NO5. The number of aliphatic carboxylic acids is 1. The molecule has 6 heteroatoms. The van der Waals surface area contributed by atoms with Crippen molar-refractivity contribution in [3.8, 4) is 0 Å². The van der Waals surface area contributed by atoms with Crippen LogP contribution in [0.25, 0.3) is 0 Å². The Bertz CT molecular complexity index is 415. The summed E-state index contributed by atoms with van der Waals surface area (Å²) in [5.41, 5.74) is -0.901. The van der Waals surface area contributed by atoms with E-state index in [0.717, 1.165) is 0 Å². The van der Waals surface area contributed by atoms with E-state index in [-0.39, 0.29) is 12.2 Å². The Morgan fingerprint density at radius 3 is 2.50 bits per heavy atom. The highest BCUT2D eigenvalue weighted by atomic mass is 16.6. The summed E-state index contributed by atoms with van der Waals surface area (Å²) in [7, 11) is 0. The monoisotopic (exact) mass is 255 g/mol. The van der Waals surface area contributed by atoms with Crippen molar-refractivity contribution in [2.24, 2.45) is 0 Å². The molecule has 0 unspecified atom stereocenters. The summed E-state index contributed by atoms with van der Waals surface area (Å²) in [6.45, 7) is 6.19. The average Bonchev–Trinajstić information content (AvgIpc) is 2.56. The van der Waals surface area contributed by atoms with Crippen LogP contribution in [0, 0.1) is 0 Å². The number of likely N-dealkylation sites (tertiary alicyclic amines) is 1. The highest BCUT2D eigenvalue weighted by Gasteiger charge is 2.49. The minimum atomic E-state index is -0.970. The number of hydrogen-bond donors (Lipinski definition) is 1. The highest BCUT2D eigenvalue weighted by molar-refractivity contribution is 5.88. The predicted octanol–water partition coefficient (Wildman–Crippen LogP) is 1.02. The molecule has 1 spiro atoms. The van der Waals surface area contributed by atoms with Gasteiger partial charge in [-0.15, -0.1) is 0 Å². The molecule has 0 aromatic carbocycles. The molecule has 18 heavy (non-hydrogen) atoms. The lowest BCUT2D eigenvalue weighted by molar-refractivity contribution is -0.133. The van der Waals surface area contributed by atoms with Gasteiger partial charge in [0, 0.05) is 0 Å². The van der Waals surface area contributed by atoms with Crippen LogP contribution >= 0.6 is 0 Å². The first-order valence-electron chi connectivity index (χ1n) is 5.78. The fraction of sp³-hybridized carbons (Fsp3) is 0.667. The van der Waals surface area contributed by atoms with Crippen LogP contribution in [0.3, 0.4) is 0 Å². The Labute approximate surface area is 105 Å². The Hall–Kier alpha value is -1.56. The average molecular weight is 255 g/mol. The number of ether oxygens (including phenoxy) is 2. The van der Waals surface area contributed by atoms with Crippen molar-refractivity contribution in [2.45, 2.75) is 32.0 Å². The summed E-state index contributed by atoms with van der Waals surface area (Å²) >= 11 is 0. The second-order valence-electron chi connectivity index (χ2n) is 5.66. The Balaban J connectivity index is 1.91. The Morgan fingerprint density at radius 1 is 1.44 bits per heavy atom. The quantitative estimate of drug-likeness (QED) is 0.757. The molecule has 6 nitrogen and oxygen atoms in total. The van der Waals surface area contributed by atoms with Crippen molar-refractivity contribution in [3.63, 3.8) is 0 Å². The van der Waals surface area contributed by atoms with Crippen molar-refractivity contribution < 1.29 is 24.2 Å². The molecular weight excluding hydrogens is 238 g/mol. The molecule has 1 fully saturated rings. The van der Waals surface area contributed by atoms with E-state index in [0.29, 0.717) is 13.1 Å². The van der Waals surface area contributed by atoms with Crippen molar-refractivity contribution in [3.05, 3.63) is 11.6 Å². The number of hydrogen-bond acceptors (Lipinski definition) is 4. The summed E-state index contributed by atoms with van der Waals surface area (Å²) in [6.07, 6.45) is 1.20. The van der Waals surface area contributed by atoms with Crippen molar-refractivity contribution in [1.29, 1.82) is 0 Å². The van der Waals surface area contributed by atoms with Gasteiger partial charge < -0.3 is 19.5 Å². The number of amides is 1. The third-order valence-corrected chi connectivity index (χ3v) is 2.80. The zero-order chi connectivity index (χ0) is 13.6. The molecule has 0 aromatic heterocycles. The van der Waals surface area contributed by atoms with Crippen LogP contribution in [0.5, 0.6) is 0 Å². The molecule has 2 heterocycles. The van der Waals surface area contributed by atoms with Gasteiger partial charge in [0.1, 0.15) is 11.2 Å². The summed E-state index contributed by atoms with van der Waals surface area (Å²) < 4.78 is 10.7. The van der Waals surface area contributed by atoms with Gasteiger partial charge in [-0.05, 0) is 26.8 Å². The molecule has 0 radical (unpaired) electrons. The third kappa shape index (κ3) is 2.48. The molecule has 2 rings (SSSR count). The maximum atomic E-state index is 11.7. The molecule has 0 bridgehead atoms. The van der Waals surface area contributed by atoms with Crippen molar-refractivity contribution in [1.82, 2.24) is 4.90 Å². The van der Waals surface area contributed by atoms with Crippen LogP contribution in [0.2, 0.25) is 0 Å². The third-order valence-electron chi connectivity index (χ3n) is 2.80. The fourth-order valence-electron chi connectivity index (χ4n) is 1.98. The van der Waals surface area contributed by atoms with Crippen LogP contribution in [0.1, 0.15) is 20.8 Å². The van der Waals surface area contributed by atoms with Crippen molar-refractivity contribution in [2.75, 3.05) is 19.7 Å². The topological polar surface area (TPSA) is 76.1 Å². The summed E-state index contributed by atoms with van der Waals surface area (Å²) in [6, 6.07) is 0. The largest absolute Gasteiger partial charge is 0.478 e. The predicted molar refractivity (Wildman–Crippen MR) is 62.2 cm³/mol. The van der Waals surface area contributed by atoms with E-state index in [1.807, 2.05) is 0 Å². The van der Waals surface area contributed by atoms with Gasteiger partial charge in [0.25, 0.3) is 0 Å². The molecule has 100 valence electrons. The molecule has 2 aliphatic heterocycles. The second-order valence-corrected chi connectivity index (χ2v) is 5.66. The zero-order valence-electron chi connectivity index (χ0n) is 10.7. The lowest BCUT2D eigenvalue weighted by Gasteiger charge is -2.45. The molecule has 1 amide bonds. The number of carbonyl (C=O) groups is 2. The summed E-state index contributed by atoms with van der Waals surface area (Å²) in [4.78, 5) is 24.0. The van der Waals surface area contributed by atoms with Crippen LogP contribution < -0.4 is 0 Å². The van der Waals surface area contributed by atoms with E-state index < -0.39 is 23.3 Å². The van der Waals surface area contributed by atoms with Gasteiger partial charge in [-0.2, -0.15) is 0 Å². The molecule has 2 aliphatic rings. The summed E-state index contributed by atoms with van der Waals surface area (Å²) in [5.74, 6) is -0.970. The van der Waals surface area contributed by atoms with E-state index in [1.54, 1.807) is 26.8 Å². The molecule has 0 atom stereocenters. The van der Waals surface area contributed by atoms with Gasteiger partial charge in [-0.25, -0.2) is 9.59 Å².